The minimum atomic E-state index is -0.0881. The van der Waals surface area contributed by atoms with Crippen molar-refractivity contribution in [2.45, 2.75) is 26.8 Å². The van der Waals surface area contributed by atoms with Gasteiger partial charge < -0.3 is 19.5 Å². The number of hydrogen-bond acceptors (Lipinski definition) is 5. The molecule has 0 spiro atoms. The Labute approximate surface area is 112 Å². The van der Waals surface area contributed by atoms with Crippen LogP contribution in [0.2, 0.25) is 0 Å². The number of aryl methyl sites for hydroxylation is 1. The van der Waals surface area contributed by atoms with Crippen molar-refractivity contribution in [3.63, 3.8) is 0 Å². The third kappa shape index (κ3) is 3.92. The number of urea groups is 1. The SMILES string of the molecule is CCOCC1CCN(C(=O)NCc2nc(C)no2)C1. The van der Waals surface area contributed by atoms with Crippen LogP contribution >= 0.6 is 0 Å². The van der Waals surface area contributed by atoms with Crippen LogP contribution in [0.25, 0.3) is 0 Å². The molecule has 7 nitrogen and oxygen atoms in total. The maximum Gasteiger partial charge on any atom is 0.317 e. The second-order valence-corrected chi connectivity index (χ2v) is 4.65. The molecule has 1 aliphatic rings. The van der Waals surface area contributed by atoms with Crippen LogP contribution in [0.15, 0.2) is 4.52 Å². The number of amides is 2. The van der Waals surface area contributed by atoms with Gasteiger partial charge in [0.1, 0.15) is 0 Å². The highest BCUT2D eigenvalue weighted by Gasteiger charge is 2.26. The van der Waals surface area contributed by atoms with Crippen LogP contribution in [0.1, 0.15) is 25.1 Å². The molecular formula is C12H20N4O3. The van der Waals surface area contributed by atoms with E-state index in [2.05, 4.69) is 15.5 Å². The third-order valence-electron chi connectivity index (χ3n) is 3.09. The number of carbonyl (C=O) groups excluding carboxylic acids is 1. The van der Waals surface area contributed by atoms with Gasteiger partial charge >= 0.3 is 6.03 Å². The average Bonchev–Trinajstić information content (AvgIpc) is 3.02. The average molecular weight is 268 g/mol. The Morgan fingerprint density at radius 2 is 2.47 bits per heavy atom. The number of nitrogens with zero attached hydrogens (tertiary/aromatic N) is 3. The second-order valence-electron chi connectivity index (χ2n) is 4.65. The van der Waals surface area contributed by atoms with Crippen molar-refractivity contribution in [2.75, 3.05) is 26.3 Å². The molecule has 1 aliphatic heterocycles. The monoisotopic (exact) mass is 268 g/mol. The zero-order valence-electron chi connectivity index (χ0n) is 11.4. The second kappa shape index (κ2) is 6.51. The van der Waals surface area contributed by atoms with Gasteiger partial charge in [-0.3, -0.25) is 0 Å². The van der Waals surface area contributed by atoms with Crippen molar-refractivity contribution < 1.29 is 14.1 Å². The van der Waals surface area contributed by atoms with E-state index >= 15 is 0 Å². The van der Waals surface area contributed by atoms with Gasteiger partial charge in [-0.15, -0.1) is 0 Å². The van der Waals surface area contributed by atoms with E-state index in [1.165, 1.54) is 0 Å². The Kier molecular flexibility index (Phi) is 4.73. The van der Waals surface area contributed by atoms with Crippen LogP contribution < -0.4 is 5.32 Å². The van der Waals surface area contributed by atoms with Gasteiger partial charge in [0.15, 0.2) is 5.82 Å². The molecule has 2 heterocycles. The lowest BCUT2D eigenvalue weighted by atomic mass is 10.1. The molecule has 1 aromatic heterocycles. The normalized spacial score (nSPS) is 18.8. The van der Waals surface area contributed by atoms with E-state index in [0.29, 0.717) is 17.6 Å². The summed E-state index contributed by atoms with van der Waals surface area (Å²) in [4.78, 5) is 17.8. The summed E-state index contributed by atoms with van der Waals surface area (Å²) in [5, 5.41) is 6.45. The smallest absolute Gasteiger partial charge is 0.317 e. The van der Waals surface area contributed by atoms with Crippen LogP contribution in [0, 0.1) is 12.8 Å². The van der Waals surface area contributed by atoms with Gasteiger partial charge in [-0.25, -0.2) is 4.79 Å². The van der Waals surface area contributed by atoms with Crippen molar-refractivity contribution in [3.8, 4) is 0 Å². The van der Waals surface area contributed by atoms with Gasteiger partial charge in [0.05, 0.1) is 13.2 Å². The summed E-state index contributed by atoms with van der Waals surface area (Å²) in [6.45, 7) is 6.95. The molecule has 1 saturated heterocycles. The van der Waals surface area contributed by atoms with Crippen molar-refractivity contribution >= 4 is 6.03 Å². The predicted molar refractivity (Wildman–Crippen MR) is 67.4 cm³/mol. The molecule has 0 bridgehead atoms. The van der Waals surface area contributed by atoms with E-state index in [4.69, 9.17) is 9.26 Å². The van der Waals surface area contributed by atoms with Gasteiger partial charge in [-0.05, 0) is 20.3 Å². The molecule has 1 fully saturated rings. The summed E-state index contributed by atoms with van der Waals surface area (Å²) in [5.41, 5.74) is 0. The molecule has 0 aliphatic carbocycles. The lowest BCUT2D eigenvalue weighted by molar-refractivity contribution is 0.113. The molecule has 106 valence electrons. The Bertz CT molecular complexity index is 421. The quantitative estimate of drug-likeness (QED) is 0.859. The van der Waals surface area contributed by atoms with Gasteiger partial charge in [0, 0.05) is 25.6 Å². The number of nitrogens with one attached hydrogen (secondary N) is 1. The van der Waals surface area contributed by atoms with E-state index in [9.17, 15) is 4.79 Å². The predicted octanol–water partition coefficient (Wildman–Crippen LogP) is 0.946. The lowest BCUT2D eigenvalue weighted by Gasteiger charge is -2.16. The van der Waals surface area contributed by atoms with Crippen LogP contribution in [0.4, 0.5) is 4.79 Å². The fourth-order valence-corrected chi connectivity index (χ4v) is 2.11. The van der Waals surface area contributed by atoms with E-state index in [-0.39, 0.29) is 12.6 Å². The first kappa shape index (κ1) is 13.8. The Morgan fingerprint density at radius 3 is 3.16 bits per heavy atom. The minimum absolute atomic E-state index is 0.0881. The molecule has 0 aromatic carbocycles. The number of likely N-dealkylation sites (tertiary alicyclic amines) is 1. The van der Waals surface area contributed by atoms with Gasteiger partial charge in [-0.2, -0.15) is 4.98 Å². The molecule has 2 amide bonds. The van der Waals surface area contributed by atoms with E-state index in [1.54, 1.807) is 11.8 Å². The summed E-state index contributed by atoms with van der Waals surface area (Å²) in [6, 6.07) is -0.0881. The van der Waals surface area contributed by atoms with E-state index < -0.39 is 0 Å². The highest BCUT2D eigenvalue weighted by atomic mass is 16.5. The minimum Gasteiger partial charge on any atom is -0.381 e. The highest BCUT2D eigenvalue weighted by molar-refractivity contribution is 5.74. The van der Waals surface area contributed by atoms with Gasteiger partial charge in [-0.1, -0.05) is 5.16 Å². The zero-order valence-corrected chi connectivity index (χ0v) is 11.4. The number of hydrogen-bond donors (Lipinski definition) is 1. The van der Waals surface area contributed by atoms with Crippen molar-refractivity contribution in [1.29, 1.82) is 0 Å². The third-order valence-corrected chi connectivity index (χ3v) is 3.09. The molecule has 2 rings (SSSR count). The first-order chi connectivity index (χ1) is 9.19. The summed E-state index contributed by atoms with van der Waals surface area (Å²) >= 11 is 0. The summed E-state index contributed by atoms with van der Waals surface area (Å²) in [5.74, 6) is 1.44. The molecule has 0 saturated carbocycles. The van der Waals surface area contributed by atoms with Crippen molar-refractivity contribution in [3.05, 3.63) is 11.7 Å². The molecule has 0 radical (unpaired) electrons. The maximum atomic E-state index is 11.9. The van der Waals surface area contributed by atoms with E-state index in [1.807, 2.05) is 6.92 Å². The standard InChI is InChI=1S/C12H20N4O3/c1-3-18-8-10-4-5-16(7-10)12(17)13-6-11-14-9(2)15-19-11/h10H,3-8H2,1-2H3,(H,13,17). The van der Waals surface area contributed by atoms with Gasteiger partial charge in [0.25, 0.3) is 0 Å². The highest BCUT2D eigenvalue weighted by Crippen LogP contribution is 2.16. The van der Waals surface area contributed by atoms with Crippen LogP contribution in [0.5, 0.6) is 0 Å². The lowest BCUT2D eigenvalue weighted by Crippen LogP contribution is -2.38. The zero-order chi connectivity index (χ0) is 13.7. The molecule has 1 atom stereocenters. The molecule has 1 N–H and O–H groups in total. The molecule has 1 unspecified atom stereocenters. The Balaban J connectivity index is 1.72. The van der Waals surface area contributed by atoms with Crippen LogP contribution in [-0.4, -0.2) is 47.4 Å². The molecular weight excluding hydrogens is 248 g/mol. The van der Waals surface area contributed by atoms with Crippen molar-refractivity contribution in [1.82, 2.24) is 20.4 Å². The van der Waals surface area contributed by atoms with Crippen LogP contribution in [0.3, 0.4) is 0 Å². The summed E-state index contributed by atoms with van der Waals surface area (Å²) in [7, 11) is 0. The number of ether oxygens (including phenoxy) is 1. The molecule has 7 heteroatoms. The van der Waals surface area contributed by atoms with Gasteiger partial charge in [0.2, 0.25) is 5.89 Å². The topological polar surface area (TPSA) is 80.5 Å². The number of carbonyl (C=O) groups is 1. The van der Waals surface area contributed by atoms with Crippen LogP contribution in [-0.2, 0) is 11.3 Å². The largest absolute Gasteiger partial charge is 0.381 e. The molecule has 1 aromatic rings. The first-order valence-corrected chi connectivity index (χ1v) is 6.58. The van der Waals surface area contributed by atoms with E-state index in [0.717, 1.165) is 32.7 Å². The first-order valence-electron chi connectivity index (χ1n) is 6.58. The fourth-order valence-electron chi connectivity index (χ4n) is 2.11. The summed E-state index contributed by atoms with van der Waals surface area (Å²) in [6.07, 6.45) is 0.993. The van der Waals surface area contributed by atoms with Crippen molar-refractivity contribution in [2.24, 2.45) is 5.92 Å². The molecule has 19 heavy (non-hydrogen) atoms. The fraction of sp³-hybridized carbons (Fsp3) is 0.750. The number of rotatable bonds is 5. The summed E-state index contributed by atoms with van der Waals surface area (Å²) < 4.78 is 10.3. The Hall–Kier alpha value is -1.63. The maximum absolute atomic E-state index is 11.9. The Morgan fingerprint density at radius 1 is 1.63 bits per heavy atom. The number of aromatic nitrogens is 2.